The van der Waals surface area contributed by atoms with Crippen LogP contribution >= 0.6 is 0 Å². The van der Waals surface area contributed by atoms with Crippen LogP contribution in [0.1, 0.15) is 43.9 Å². The van der Waals surface area contributed by atoms with Crippen molar-refractivity contribution in [1.82, 2.24) is 4.90 Å². The average molecular weight is 503 g/mol. The lowest BCUT2D eigenvalue weighted by atomic mass is 9.88. The van der Waals surface area contributed by atoms with Crippen LogP contribution < -0.4 is 5.73 Å². The Balaban J connectivity index is 1.86. The molecule has 0 saturated carbocycles. The standard InChI is InChI=1S/C31H38N2O4/c1-31(2,3)37-30(36)33(22-25-17-11-6-12-18-25)29(35)26(19-23-13-7-4-8-14-23)21-28(34)27(32)20-24-15-9-5-10-16-24/h4-18,26-28,34H,19-22,32H2,1-3H3/t26-,27+,28+/m1/s1. The summed E-state index contributed by atoms with van der Waals surface area (Å²) in [6.07, 6.45) is -0.676. The Morgan fingerprint density at radius 2 is 1.27 bits per heavy atom. The largest absolute Gasteiger partial charge is 0.443 e. The summed E-state index contributed by atoms with van der Waals surface area (Å²) >= 11 is 0. The number of imide groups is 1. The van der Waals surface area contributed by atoms with E-state index in [1.807, 2.05) is 91.0 Å². The molecule has 3 aromatic rings. The molecule has 3 N–H and O–H groups in total. The number of aliphatic hydroxyl groups is 1. The third-order valence-electron chi connectivity index (χ3n) is 6.07. The molecule has 0 aliphatic rings. The molecule has 0 heterocycles. The summed E-state index contributed by atoms with van der Waals surface area (Å²) in [6, 6.07) is 28.1. The van der Waals surface area contributed by atoms with Gasteiger partial charge in [0.1, 0.15) is 5.60 Å². The topological polar surface area (TPSA) is 92.9 Å². The number of amides is 2. The maximum Gasteiger partial charge on any atom is 0.417 e. The van der Waals surface area contributed by atoms with Gasteiger partial charge in [-0.1, -0.05) is 91.0 Å². The first-order chi connectivity index (χ1) is 17.6. The summed E-state index contributed by atoms with van der Waals surface area (Å²) in [5, 5.41) is 11.1. The molecule has 37 heavy (non-hydrogen) atoms. The minimum Gasteiger partial charge on any atom is -0.443 e. The number of rotatable bonds is 10. The second kappa shape index (κ2) is 13.2. The summed E-state index contributed by atoms with van der Waals surface area (Å²) in [5.74, 6) is -1.07. The number of ether oxygens (including phenoxy) is 1. The average Bonchev–Trinajstić information content (AvgIpc) is 2.87. The smallest absolute Gasteiger partial charge is 0.417 e. The lowest BCUT2D eigenvalue weighted by Gasteiger charge is -2.30. The highest BCUT2D eigenvalue weighted by Crippen LogP contribution is 2.23. The van der Waals surface area contributed by atoms with Gasteiger partial charge in [0.05, 0.1) is 12.6 Å². The summed E-state index contributed by atoms with van der Waals surface area (Å²) in [7, 11) is 0. The second-order valence-electron chi connectivity index (χ2n) is 10.4. The van der Waals surface area contributed by atoms with Crippen molar-refractivity contribution in [2.45, 2.75) is 64.3 Å². The Morgan fingerprint density at radius 1 is 0.811 bits per heavy atom. The number of carbonyl (C=O) groups excluding carboxylic acids is 2. The Kier molecular flexibility index (Phi) is 10.0. The molecule has 0 bridgehead atoms. The van der Waals surface area contributed by atoms with Gasteiger partial charge in [0.2, 0.25) is 5.91 Å². The quantitative estimate of drug-likeness (QED) is 0.401. The summed E-state index contributed by atoms with van der Waals surface area (Å²) in [5.41, 5.74) is 8.36. The van der Waals surface area contributed by atoms with Gasteiger partial charge in [-0.2, -0.15) is 0 Å². The van der Waals surface area contributed by atoms with E-state index in [1.54, 1.807) is 20.8 Å². The Morgan fingerprint density at radius 3 is 1.76 bits per heavy atom. The SMILES string of the molecule is CC(C)(C)OC(=O)N(Cc1ccccc1)C(=O)[C@H](Cc1ccccc1)C[C@H](O)[C@@H](N)Cc1ccccc1. The van der Waals surface area contributed by atoms with Crippen molar-refractivity contribution in [3.05, 3.63) is 108 Å². The van der Waals surface area contributed by atoms with E-state index < -0.39 is 35.7 Å². The lowest BCUT2D eigenvalue weighted by Crippen LogP contribution is -2.46. The van der Waals surface area contributed by atoms with Gasteiger partial charge in [-0.05, 0) is 56.7 Å². The zero-order valence-electron chi connectivity index (χ0n) is 21.9. The normalized spacial score (nSPS) is 13.9. The molecule has 0 aromatic heterocycles. The Hall–Kier alpha value is -3.48. The van der Waals surface area contributed by atoms with Crippen molar-refractivity contribution in [3.8, 4) is 0 Å². The fraction of sp³-hybridized carbons (Fsp3) is 0.355. The first kappa shape index (κ1) is 28.1. The van der Waals surface area contributed by atoms with Gasteiger partial charge in [0.15, 0.2) is 0 Å². The lowest BCUT2D eigenvalue weighted by molar-refractivity contribution is -0.136. The third kappa shape index (κ3) is 9.16. The molecule has 2 amide bonds. The molecule has 0 aliphatic carbocycles. The summed E-state index contributed by atoms with van der Waals surface area (Å²) in [6.45, 7) is 5.38. The predicted molar refractivity (Wildman–Crippen MR) is 146 cm³/mol. The monoisotopic (exact) mass is 502 g/mol. The van der Waals surface area contributed by atoms with E-state index in [0.717, 1.165) is 21.6 Å². The number of hydrogen-bond acceptors (Lipinski definition) is 5. The molecule has 0 unspecified atom stereocenters. The van der Waals surface area contributed by atoms with E-state index in [4.69, 9.17) is 10.5 Å². The van der Waals surface area contributed by atoms with Crippen molar-refractivity contribution in [3.63, 3.8) is 0 Å². The summed E-state index contributed by atoms with van der Waals surface area (Å²) < 4.78 is 5.60. The van der Waals surface area contributed by atoms with E-state index in [1.165, 1.54) is 0 Å². The van der Waals surface area contributed by atoms with E-state index >= 15 is 0 Å². The molecule has 6 heteroatoms. The highest BCUT2D eigenvalue weighted by Gasteiger charge is 2.34. The molecular weight excluding hydrogens is 464 g/mol. The van der Waals surface area contributed by atoms with Gasteiger partial charge < -0.3 is 15.6 Å². The van der Waals surface area contributed by atoms with Crippen LogP contribution in [0.4, 0.5) is 4.79 Å². The van der Waals surface area contributed by atoms with Crippen LogP contribution in [-0.2, 0) is 28.9 Å². The van der Waals surface area contributed by atoms with Crippen molar-refractivity contribution in [1.29, 1.82) is 0 Å². The van der Waals surface area contributed by atoms with Crippen LogP contribution in [0.15, 0.2) is 91.0 Å². The van der Waals surface area contributed by atoms with Crippen LogP contribution in [0, 0.1) is 5.92 Å². The van der Waals surface area contributed by atoms with Gasteiger partial charge in [0.25, 0.3) is 0 Å². The van der Waals surface area contributed by atoms with E-state index in [-0.39, 0.29) is 13.0 Å². The predicted octanol–water partition coefficient (Wildman–Crippen LogP) is 5.13. The van der Waals surface area contributed by atoms with E-state index in [2.05, 4.69) is 0 Å². The minimum atomic E-state index is -0.935. The van der Waals surface area contributed by atoms with Crippen LogP contribution in [0.5, 0.6) is 0 Å². The molecule has 0 aliphatic heterocycles. The molecule has 6 nitrogen and oxygen atoms in total. The number of nitrogens with two attached hydrogens (primary N) is 1. The van der Waals surface area contributed by atoms with Gasteiger partial charge in [-0.3, -0.25) is 4.79 Å². The number of benzene rings is 3. The first-order valence-corrected chi connectivity index (χ1v) is 12.7. The van der Waals surface area contributed by atoms with Gasteiger partial charge in [-0.15, -0.1) is 0 Å². The van der Waals surface area contributed by atoms with Gasteiger partial charge >= 0.3 is 6.09 Å². The van der Waals surface area contributed by atoms with Gasteiger partial charge in [-0.25, -0.2) is 9.69 Å². The zero-order valence-corrected chi connectivity index (χ0v) is 21.9. The van der Waals surface area contributed by atoms with E-state index in [0.29, 0.717) is 12.8 Å². The van der Waals surface area contributed by atoms with Crippen molar-refractivity contribution >= 4 is 12.0 Å². The first-order valence-electron chi connectivity index (χ1n) is 12.7. The molecule has 3 atom stereocenters. The molecule has 3 rings (SSSR count). The molecule has 3 aromatic carbocycles. The van der Waals surface area contributed by atoms with Crippen LogP contribution in [0.25, 0.3) is 0 Å². The molecular formula is C31H38N2O4. The number of carbonyl (C=O) groups is 2. The molecule has 0 spiro atoms. The minimum absolute atomic E-state index is 0.0754. The Bertz CT molecular complexity index is 1110. The Labute approximate surface area is 220 Å². The molecule has 196 valence electrons. The number of hydrogen-bond donors (Lipinski definition) is 2. The molecule has 0 radical (unpaired) electrons. The van der Waals surface area contributed by atoms with Crippen LogP contribution in [0.2, 0.25) is 0 Å². The van der Waals surface area contributed by atoms with E-state index in [9.17, 15) is 14.7 Å². The fourth-order valence-corrected chi connectivity index (χ4v) is 4.19. The zero-order chi connectivity index (χ0) is 26.8. The highest BCUT2D eigenvalue weighted by atomic mass is 16.6. The van der Waals surface area contributed by atoms with Crippen molar-refractivity contribution < 1.29 is 19.4 Å². The third-order valence-corrected chi connectivity index (χ3v) is 6.07. The fourth-order valence-electron chi connectivity index (χ4n) is 4.19. The maximum absolute atomic E-state index is 14.0. The number of aliphatic hydroxyl groups excluding tert-OH is 1. The second-order valence-corrected chi connectivity index (χ2v) is 10.4. The molecule has 0 fully saturated rings. The number of nitrogens with zero attached hydrogens (tertiary/aromatic N) is 1. The van der Waals surface area contributed by atoms with Gasteiger partial charge in [0, 0.05) is 12.0 Å². The van der Waals surface area contributed by atoms with Crippen molar-refractivity contribution in [2.75, 3.05) is 0 Å². The van der Waals surface area contributed by atoms with Crippen LogP contribution in [0.3, 0.4) is 0 Å². The highest BCUT2D eigenvalue weighted by molar-refractivity contribution is 5.93. The summed E-state index contributed by atoms with van der Waals surface area (Å²) in [4.78, 5) is 28.3. The van der Waals surface area contributed by atoms with Crippen molar-refractivity contribution in [2.24, 2.45) is 11.7 Å². The maximum atomic E-state index is 14.0. The molecule has 0 saturated heterocycles. The van der Waals surface area contributed by atoms with Crippen LogP contribution in [-0.4, -0.2) is 39.8 Å².